The Hall–Kier alpha value is -1.91. The van der Waals surface area contributed by atoms with Crippen molar-refractivity contribution in [3.8, 4) is 5.75 Å². The third-order valence-corrected chi connectivity index (χ3v) is 3.14. The maximum Gasteiger partial charge on any atom is 0.195 e. The molecule has 0 saturated heterocycles. The number of hydrogen-bond donors (Lipinski definition) is 2. The molecule has 5 heteroatoms. The van der Waals surface area contributed by atoms with Crippen molar-refractivity contribution in [2.45, 2.75) is 6.92 Å². The third-order valence-electron chi connectivity index (χ3n) is 3.14. The van der Waals surface area contributed by atoms with E-state index in [1.54, 1.807) is 0 Å². The summed E-state index contributed by atoms with van der Waals surface area (Å²) in [4.78, 5) is 6.26. The minimum Gasteiger partial charge on any atom is -0.490 e. The molecule has 2 aliphatic rings. The third kappa shape index (κ3) is 1.67. The van der Waals surface area contributed by atoms with Crippen molar-refractivity contribution in [2.75, 3.05) is 36.5 Å². The van der Waals surface area contributed by atoms with E-state index in [2.05, 4.69) is 29.4 Å². The predicted molar refractivity (Wildman–Crippen MR) is 69.0 cm³/mol. The fourth-order valence-corrected chi connectivity index (χ4v) is 2.27. The van der Waals surface area contributed by atoms with Crippen LogP contribution >= 0.6 is 0 Å². The number of benzene rings is 1. The number of rotatable bonds is 1. The summed E-state index contributed by atoms with van der Waals surface area (Å²) in [5.41, 5.74) is 9.19. The highest BCUT2D eigenvalue weighted by molar-refractivity contribution is 5.97. The number of nitrogens with two attached hydrogens (primary N) is 1. The number of aliphatic imine (C=N–C) groups is 1. The van der Waals surface area contributed by atoms with Crippen molar-refractivity contribution >= 4 is 17.3 Å². The number of hydrogen-bond acceptors (Lipinski definition) is 5. The van der Waals surface area contributed by atoms with Gasteiger partial charge in [-0.25, -0.2) is 0 Å². The molecular weight excluding hydrogens is 216 g/mol. The molecule has 0 fully saturated rings. The molecular formula is C12H16N4O. The second kappa shape index (κ2) is 3.84. The summed E-state index contributed by atoms with van der Waals surface area (Å²) < 4.78 is 5.61. The van der Waals surface area contributed by atoms with Crippen LogP contribution in [0, 0.1) is 6.92 Å². The number of fused-ring (bicyclic) bond motifs is 1. The van der Waals surface area contributed by atoms with Crippen molar-refractivity contribution in [3.05, 3.63) is 17.7 Å². The van der Waals surface area contributed by atoms with Gasteiger partial charge in [0.05, 0.1) is 12.2 Å². The molecule has 2 heterocycles. The van der Waals surface area contributed by atoms with Gasteiger partial charge in [0.1, 0.15) is 12.4 Å². The number of nitrogens with zero attached hydrogens (tertiary/aromatic N) is 2. The molecule has 0 unspecified atom stereocenters. The number of ether oxygens (including phenoxy) is 1. The fourth-order valence-electron chi connectivity index (χ4n) is 2.27. The van der Waals surface area contributed by atoms with Gasteiger partial charge < -0.3 is 20.7 Å². The molecule has 0 radical (unpaired) electrons. The number of anilines is 2. The molecule has 0 atom stereocenters. The topological polar surface area (TPSA) is 62.9 Å². The van der Waals surface area contributed by atoms with Gasteiger partial charge in [-0.15, -0.1) is 0 Å². The Kier molecular flexibility index (Phi) is 2.31. The molecule has 0 aromatic heterocycles. The van der Waals surface area contributed by atoms with Crippen molar-refractivity contribution in [1.29, 1.82) is 0 Å². The maximum atomic E-state index is 5.88. The second-order valence-electron chi connectivity index (χ2n) is 4.30. The van der Waals surface area contributed by atoms with Crippen LogP contribution in [-0.4, -0.2) is 32.2 Å². The monoisotopic (exact) mass is 232 g/mol. The van der Waals surface area contributed by atoms with E-state index in [-0.39, 0.29) is 0 Å². The Morgan fingerprint density at radius 1 is 1.47 bits per heavy atom. The second-order valence-corrected chi connectivity index (χ2v) is 4.30. The Bertz CT molecular complexity index is 484. The van der Waals surface area contributed by atoms with Crippen LogP contribution in [0.1, 0.15) is 5.56 Å². The maximum absolute atomic E-state index is 5.88. The highest BCUT2D eigenvalue weighted by Crippen LogP contribution is 2.35. The highest BCUT2D eigenvalue weighted by Gasteiger charge is 2.20. The van der Waals surface area contributed by atoms with Gasteiger partial charge in [-0.1, -0.05) is 0 Å². The van der Waals surface area contributed by atoms with E-state index in [0.717, 1.165) is 48.9 Å². The molecule has 5 nitrogen and oxygen atoms in total. The summed E-state index contributed by atoms with van der Waals surface area (Å²) in [6, 6.07) is 4.15. The van der Waals surface area contributed by atoms with E-state index in [0.29, 0.717) is 5.96 Å². The van der Waals surface area contributed by atoms with Crippen LogP contribution in [0.2, 0.25) is 0 Å². The van der Waals surface area contributed by atoms with Crippen molar-refractivity contribution in [1.82, 2.24) is 0 Å². The summed E-state index contributed by atoms with van der Waals surface area (Å²) >= 11 is 0. The molecule has 3 N–H and O–H groups in total. The van der Waals surface area contributed by atoms with Crippen LogP contribution in [0.4, 0.5) is 11.4 Å². The molecule has 0 amide bonds. The Morgan fingerprint density at radius 3 is 3.12 bits per heavy atom. The van der Waals surface area contributed by atoms with Crippen LogP contribution in [-0.2, 0) is 0 Å². The number of nitrogens with one attached hydrogen (secondary N) is 1. The Balaban J connectivity index is 2.02. The molecule has 3 rings (SSSR count). The van der Waals surface area contributed by atoms with Gasteiger partial charge in [0.15, 0.2) is 5.96 Å². The lowest BCUT2D eigenvalue weighted by Crippen LogP contribution is -2.34. The number of aryl methyl sites for hydroxylation is 1. The highest BCUT2D eigenvalue weighted by atomic mass is 16.5. The van der Waals surface area contributed by atoms with Crippen molar-refractivity contribution < 1.29 is 4.74 Å². The van der Waals surface area contributed by atoms with E-state index < -0.39 is 0 Å². The molecule has 1 aromatic carbocycles. The quantitative estimate of drug-likeness (QED) is 0.756. The van der Waals surface area contributed by atoms with E-state index in [9.17, 15) is 0 Å². The summed E-state index contributed by atoms with van der Waals surface area (Å²) in [5.74, 6) is 1.52. The van der Waals surface area contributed by atoms with Gasteiger partial charge in [-0.2, -0.15) is 0 Å². The van der Waals surface area contributed by atoms with Crippen LogP contribution in [0.15, 0.2) is 17.1 Å². The molecule has 0 saturated carbocycles. The van der Waals surface area contributed by atoms with Gasteiger partial charge in [0.2, 0.25) is 0 Å². The van der Waals surface area contributed by atoms with E-state index in [1.807, 2.05) is 4.90 Å². The lowest BCUT2D eigenvalue weighted by molar-refractivity contribution is 0.323. The van der Waals surface area contributed by atoms with E-state index in [1.165, 1.54) is 0 Å². The summed E-state index contributed by atoms with van der Waals surface area (Å²) in [7, 11) is 0. The van der Waals surface area contributed by atoms with E-state index in [4.69, 9.17) is 10.5 Å². The first-order valence-electron chi connectivity index (χ1n) is 5.84. The van der Waals surface area contributed by atoms with Crippen LogP contribution in [0.5, 0.6) is 5.75 Å². The average molecular weight is 232 g/mol. The van der Waals surface area contributed by atoms with E-state index >= 15 is 0 Å². The lowest BCUT2D eigenvalue weighted by atomic mass is 10.1. The molecule has 2 aliphatic heterocycles. The molecule has 0 bridgehead atoms. The molecule has 17 heavy (non-hydrogen) atoms. The lowest BCUT2D eigenvalue weighted by Gasteiger charge is -2.25. The minimum atomic E-state index is 0.602. The SMILES string of the molecule is Cc1cc2c(cc1N1CCN=C1N)NCCO2. The zero-order valence-corrected chi connectivity index (χ0v) is 9.86. The standard InChI is InChI=1S/C12H16N4O/c1-8-6-11-9(14-3-5-17-11)7-10(8)16-4-2-15-12(16)13/h6-7,14H,2-5H2,1H3,(H2,13,15). The summed E-state index contributed by atoms with van der Waals surface area (Å²) in [5, 5.41) is 3.34. The van der Waals surface area contributed by atoms with Gasteiger partial charge >= 0.3 is 0 Å². The largest absolute Gasteiger partial charge is 0.490 e. The zero-order chi connectivity index (χ0) is 11.8. The molecule has 1 aromatic rings. The smallest absolute Gasteiger partial charge is 0.195 e. The van der Waals surface area contributed by atoms with Gasteiger partial charge in [-0.05, 0) is 24.6 Å². The first kappa shape index (κ1) is 10.3. The van der Waals surface area contributed by atoms with Gasteiger partial charge in [-0.3, -0.25) is 4.99 Å². The van der Waals surface area contributed by atoms with Crippen molar-refractivity contribution in [2.24, 2.45) is 10.7 Å². The normalized spacial score (nSPS) is 18.2. The first-order valence-corrected chi connectivity index (χ1v) is 5.84. The summed E-state index contributed by atoms with van der Waals surface area (Å²) in [6.07, 6.45) is 0. The molecule has 0 spiro atoms. The first-order chi connectivity index (χ1) is 8.25. The number of guanidine groups is 1. The Labute approximate surface area is 100 Å². The van der Waals surface area contributed by atoms with Gasteiger partial charge in [0, 0.05) is 18.8 Å². The molecule has 0 aliphatic carbocycles. The van der Waals surface area contributed by atoms with Crippen LogP contribution < -0.4 is 20.7 Å². The van der Waals surface area contributed by atoms with Gasteiger partial charge in [0.25, 0.3) is 0 Å². The summed E-state index contributed by atoms with van der Waals surface area (Å²) in [6.45, 7) is 5.26. The minimum absolute atomic E-state index is 0.602. The zero-order valence-electron chi connectivity index (χ0n) is 9.86. The fraction of sp³-hybridized carbons (Fsp3) is 0.417. The van der Waals surface area contributed by atoms with Crippen LogP contribution in [0.3, 0.4) is 0 Å². The average Bonchev–Trinajstić information content (AvgIpc) is 2.74. The van der Waals surface area contributed by atoms with Crippen LogP contribution in [0.25, 0.3) is 0 Å². The predicted octanol–water partition coefficient (Wildman–Crippen LogP) is 0.934. The molecule has 90 valence electrons. The van der Waals surface area contributed by atoms with Crippen molar-refractivity contribution in [3.63, 3.8) is 0 Å². The Morgan fingerprint density at radius 2 is 2.35 bits per heavy atom.